The molecule has 0 bridgehead atoms. The van der Waals surface area contributed by atoms with Crippen LogP contribution in [0.15, 0.2) is 12.4 Å². The molecule has 132 valence electrons. The van der Waals surface area contributed by atoms with Crippen molar-refractivity contribution in [2.24, 2.45) is 5.73 Å². The first kappa shape index (κ1) is 21.4. The molecular formula is C14H25ClN4O4. The van der Waals surface area contributed by atoms with Crippen molar-refractivity contribution >= 4 is 30.0 Å². The van der Waals surface area contributed by atoms with Gasteiger partial charge >= 0.3 is 5.97 Å². The summed E-state index contributed by atoms with van der Waals surface area (Å²) in [5.41, 5.74) is 5.02. The van der Waals surface area contributed by atoms with Crippen molar-refractivity contribution < 1.29 is 19.1 Å². The van der Waals surface area contributed by atoms with Gasteiger partial charge in [-0.15, -0.1) is 12.4 Å². The van der Waals surface area contributed by atoms with Gasteiger partial charge in [0.15, 0.2) is 5.54 Å². The number of rotatable bonds is 8. The van der Waals surface area contributed by atoms with Crippen molar-refractivity contribution in [3.63, 3.8) is 0 Å². The number of methoxy groups -OCH3 is 1. The van der Waals surface area contributed by atoms with E-state index in [4.69, 9.17) is 15.2 Å². The van der Waals surface area contributed by atoms with Crippen LogP contribution in [0.25, 0.3) is 0 Å². The minimum atomic E-state index is -0.953. The van der Waals surface area contributed by atoms with Gasteiger partial charge in [-0.25, -0.2) is 4.79 Å². The molecule has 1 aromatic rings. The lowest BCUT2D eigenvalue weighted by atomic mass is 10.1. The molecule has 9 heteroatoms. The Morgan fingerprint density at radius 2 is 2.13 bits per heavy atom. The van der Waals surface area contributed by atoms with Crippen LogP contribution < -0.4 is 11.1 Å². The van der Waals surface area contributed by atoms with Crippen molar-refractivity contribution in [2.45, 2.75) is 38.8 Å². The summed E-state index contributed by atoms with van der Waals surface area (Å²) in [5, 5.41) is 6.80. The zero-order valence-electron chi connectivity index (χ0n) is 13.9. The molecule has 0 saturated carbocycles. The predicted octanol–water partition coefficient (Wildman–Crippen LogP) is 0.905. The monoisotopic (exact) mass is 348 g/mol. The smallest absolute Gasteiger partial charge is 0.333 e. The number of esters is 1. The topological polar surface area (TPSA) is 108 Å². The number of ether oxygens (including phenoxy) is 2. The van der Waals surface area contributed by atoms with E-state index in [-0.39, 0.29) is 37.4 Å². The summed E-state index contributed by atoms with van der Waals surface area (Å²) >= 11 is 0. The molecule has 0 aromatic carbocycles. The Labute approximate surface area is 142 Å². The van der Waals surface area contributed by atoms with Gasteiger partial charge in [-0.1, -0.05) is 0 Å². The third-order valence-electron chi connectivity index (χ3n) is 3.22. The van der Waals surface area contributed by atoms with E-state index in [0.29, 0.717) is 12.3 Å². The molecule has 0 spiro atoms. The number of nitrogens with two attached hydrogens (primary N) is 1. The normalized spacial score (nSPS) is 12.2. The Morgan fingerprint density at radius 3 is 2.65 bits per heavy atom. The lowest BCUT2D eigenvalue weighted by Gasteiger charge is -2.22. The number of carbonyl (C=O) groups is 2. The van der Waals surface area contributed by atoms with Crippen LogP contribution in [0.5, 0.6) is 0 Å². The van der Waals surface area contributed by atoms with Gasteiger partial charge < -0.3 is 20.5 Å². The van der Waals surface area contributed by atoms with Gasteiger partial charge in [0.2, 0.25) is 5.91 Å². The Kier molecular flexibility index (Phi) is 8.81. The summed E-state index contributed by atoms with van der Waals surface area (Å²) in [6, 6.07) is 0. The summed E-state index contributed by atoms with van der Waals surface area (Å²) in [6.45, 7) is 5.69. The minimum Gasteiger partial charge on any atom is -0.464 e. The number of aromatic nitrogens is 2. The molecule has 0 aliphatic carbocycles. The summed E-state index contributed by atoms with van der Waals surface area (Å²) in [7, 11) is 1.50. The second-order valence-corrected chi connectivity index (χ2v) is 5.30. The molecule has 1 heterocycles. The molecule has 3 N–H and O–H groups in total. The fourth-order valence-corrected chi connectivity index (χ4v) is 1.78. The molecule has 0 fully saturated rings. The van der Waals surface area contributed by atoms with Crippen LogP contribution in [0.4, 0.5) is 5.69 Å². The molecule has 0 aliphatic heterocycles. The van der Waals surface area contributed by atoms with Gasteiger partial charge in [0.05, 0.1) is 31.0 Å². The van der Waals surface area contributed by atoms with Gasteiger partial charge in [-0.2, -0.15) is 5.10 Å². The number of halogens is 1. The molecule has 1 atom stereocenters. The maximum Gasteiger partial charge on any atom is 0.333 e. The zero-order chi connectivity index (χ0) is 16.8. The van der Waals surface area contributed by atoms with Gasteiger partial charge in [-0.05, 0) is 20.8 Å². The lowest BCUT2D eigenvalue weighted by Crippen LogP contribution is -2.37. The van der Waals surface area contributed by atoms with E-state index in [1.807, 2.05) is 0 Å². The molecule has 1 amide bonds. The molecule has 23 heavy (non-hydrogen) atoms. The van der Waals surface area contributed by atoms with Crippen LogP contribution in [0.2, 0.25) is 0 Å². The Hall–Kier alpha value is -1.64. The van der Waals surface area contributed by atoms with Crippen molar-refractivity contribution in [2.75, 3.05) is 25.6 Å². The van der Waals surface area contributed by atoms with E-state index in [1.54, 1.807) is 27.0 Å². The average molecular weight is 349 g/mol. The van der Waals surface area contributed by atoms with Crippen LogP contribution in [-0.4, -0.2) is 48.0 Å². The first-order chi connectivity index (χ1) is 10.3. The Bertz CT molecular complexity index is 515. The molecule has 0 aliphatic rings. The molecule has 0 radical (unpaired) electrons. The highest BCUT2D eigenvalue weighted by Crippen LogP contribution is 2.19. The summed E-state index contributed by atoms with van der Waals surface area (Å²) in [5.74, 6) is -0.621. The molecule has 1 unspecified atom stereocenters. The van der Waals surface area contributed by atoms with Crippen LogP contribution in [0.3, 0.4) is 0 Å². The highest BCUT2D eigenvalue weighted by Gasteiger charge is 2.32. The minimum absolute atomic E-state index is 0. The number of nitrogens with one attached hydrogen (secondary N) is 1. The largest absolute Gasteiger partial charge is 0.464 e. The van der Waals surface area contributed by atoms with E-state index >= 15 is 0 Å². The van der Waals surface area contributed by atoms with E-state index in [1.165, 1.54) is 18.0 Å². The van der Waals surface area contributed by atoms with Gasteiger partial charge in [0.1, 0.15) is 0 Å². The van der Waals surface area contributed by atoms with Crippen LogP contribution in [0, 0.1) is 0 Å². The summed E-state index contributed by atoms with van der Waals surface area (Å²) in [4.78, 5) is 23.8. The quantitative estimate of drug-likeness (QED) is 0.676. The number of hydrogen-bond donors (Lipinski definition) is 2. The van der Waals surface area contributed by atoms with Gasteiger partial charge in [0.25, 0.3) is 0 Å². The molecule has 1 rings (SSSR count). The number of hydrogen-bond acceptors (Lipinski definition) is 6. The summed E-state index contributed by atoms with van der Waals surface area (Å²) in [6.07, 6.45) is 2.88. The van der Waals surface area contributed by atoms with Gasteiger partial charge in [-0.3, -0.25) is 9.48 Å². The third kappa shape index (κ3) is 5.81. The standard InChI is InChI=1S/C14H24N4O4.ClH/c1-5-22-13(20)14(2,3)18-9-10(8-16-18)17-12(19)6-11(7-15)21-4;/h8-9,11H,5-7,15H2,1-4H3,(H,17,19);1H. The Morgan fingerprint density at radius 1 is 1.48 bits per heavy atom. The van der Waals surface area contributed by atoms with E-state index < -0.39 is 11.5 Å². The maximum atomic E-state index is 11.9. The van der Waals surface area contributed by atoms with Crippen molar-refractivity contribution in [1.82, 2.24) is 9.78 Å². The number of anilines is 1. The average Bonchev–Trinajstić information content (AvgIpc) is 2.94. The van der Waals surface area contributed by atoms with Crippen LogP contribution >= 0.6 is 12.4 Å². The zero-order valence-corrected chi connectivity index (χ0v) is 14.7. The maximum absolute atomic E-state index is 11.9. The molecule has 1 aromatic heterocycles. The number of carbonyl (C=O) groups excluding carboxylic acids is 2. The summed E-state index contributed by atoms with van der Waals surface area (Å²) < 4.78 is 11.5. The third-order valence-corrected chi connectivity index (χ3v) is 3.22. The van der Waals surface area contributed by atoms with Crippen molar-refractivity contribution in [1.29, 1.82) is 0 Å². The molecular weight excluding hydrogens is 324 g/mol. The SMILES string of the molecule is CCOC(=O)C(C)(C)n1cc(NC(=O)CC(CN)OC)cn1.Cl. The predicted molar refractivity (Wildman–Crippen MR) is 88.5 cm³/mol. The Balaban J connectivity index is 0.00000484. The second-order valence-electron chi connectivity index (χ2n) is 5.30. The number of amides is 1. The van der Waals surface area contributed by atoms with Crippen LogP contribution in [0.1, 0.15) is 27.2 Å². The fourth-order valence-electron chi connectivity index (χ4n) is 1.78. The first-order valence-corrected chi connectivity index (χ1v) is 7.10. The number of nitrogens with zero attached hydrogens (tertiary/aromatic N) is 2. The van der Waals surface area contributed by atoms with Crippen molar-refractivity contribution in [3.05, 3.63) is 12.4 Å². The van der Waals surface area contributed by atoms with Crippen LogP contribution in [-0.2, 0) is 24.6 Å². The highest BCUT2D eigenvalue weighted by molar-refractivity contribution is 5.90. The van der Waals surface area contributed by atoms with Crippen molar-refractivity contribution in [3.8, 4) is 0 Å². The van der Waals surface area contributed by atoms with Gasteiger partial charge in [0, 0.05) is 19.9 Å². The lowest BCUT2D eigenvalue weighted by molar-refractivity contribution is -0.152. The molecule has 8 nitrogen and oxygen atoms in total. The molecule has 0 saturated heterocycles. The van der Waals surface area contributed by atoms with E-state index in [9.17, 15) is 9.59 Å². The first-order valence-electron chi connectivity index (χ1n) is 7.10. The van der Waals surface area contributed by atoms with E-state index in [2.05, 4.69) is 10.4 Å². The van der Waals surface area contributed by atoms with E-state index in [0.717, 1.165) is 0 Å². The second kappa shape index (κ2) is 9.49. The fraction of sp³-hybridized carbons (Fsp3) is 0.643. The highest BCUT2D eigenvalue weighted by atomic mass is 35.5.